The molecule has 14 heteroatoms. The zero-order valence-corrected chi connectivity index (χ0v) is 44.6. The van der Waals surface area contributed by atoms with Crippen molar-refractivity contribution in [2.24, 2.45) is 0 Å². The zero-order valence-electron chi connectivity index (χ0n) is 43.8. The standard InChI is InChI=1S/C55H105NO12S/c1-3-5-7-9-11-13-15-17-19-21-23-24-25-26-28-30-32-34-36-38-40-42-44-49(59)54(62)56-47(46-66-55-52(61)53(68-69(63,64)65)51(60)50(45-57)67-55)48(58)43-41-39-37-35-33-31-29-27-22-20-18-16-14-12-10-8-6-4-2/h23-24,26,28,47-53,55,57-61H,3-22,25,27,29-46H2,1-2H3,(H,56,62)(H,63,64,65)/b24-23-,28-26-. The molecule has 0 aromatic rings. The molecule has 69 heavy (non-hydrogen) atoms. The number of hydrogen-bond acceptors (Lipinski definition) is 11. The summed E-state index contributed by atoms with van der Waals surface area (Å²) in [5, 5.41) is 55.7. The monoisotopic (exact) mass is 1000 g/mol. The number of nitrogens with one attached hydrogen (secondary N) is 1. The van der Waals surface area contributed by atoms with Crippen molar-refractivity contribution in [2.45, 2.75) is 307 Å². The van der Waals surface area contributed by atoms with Crippen LogP contribution in [0.15, 0.2) is 24.3 Å². The molecule has 0 saturated carbocycles. The van der Waals surface area contributed by atoms with E-state index >= 15 is 0 Å². The van der Waals surface area contributed by atoms with E-state index in [1.165, 1.54) is 154 Å². The Kier molecular flexibility index (Phi) is 42.9. The molecular formula is C55H105NO12S. The van der Waals surface area contributed by atoms with E-state index in [1.807, 2.05) is 0 Å². The summed E-state index contributed by atoms with van der Waals surface area (Å²) in [6.45, 7) is 3.31. The molecule has 0 bridgehead atoms. The molecule has 0 aromatic heterocycles. The van der Waals surface area contributed by atoms with Crippen molar-refractivity contribution in [3.8, 4) is 0 Å². The van der Waals surface area contributed by atoms with Gasteiger partial charge in [0.15, 0.2) is 6.29 Å². The summed E-state index contributed by atoms with van der Waals surface area (Å²) < 4.78 is 47.8. The number of allylic oxidation sites excluding steroid dienone is 4. The summed E-state index contributed by atoms with van der Waals surface area (Å²) in [5.74, 6) is -0.674. The van der Waals surface area contributed by atoms with Crippen LogP contribution in [0.5, 0.6) is 0 Å². The number of rotatable bonds is 49. The van der Waals surface area contributed by atoms with Gasteiger partial charge >= 0.3 is 10.4 Å². The third-order valence-electron chi connectivity index (χ3n) is 13.6. The van der Waals surface area contributed by atoms with Gasteiger partial charge in [0.05, 0.1) is 25.4 Å². The summed E-state index contributed by atoms with van der Waals surface area (Å²) in [4.78, 5) is 13.2. The van der Waals surface area contributed by atoms with E-state index in [0.29, 0.717) is 19.3 Å². The van der Waals surface area contributed by atoms with Crippen LogP contribution in [0.4, 0.5) is 0 Å². The van der Waals surface area contributed by atoms with Crippen LogP contribution in [-0.4, -0.2) is 107 Å². The van der Waals surface area contributed by atoms with E-state index in [0.717, 1.165) is 64.2 Å². The second-order valence-electron chi connectivity index (χ2n) is 20.0. The number of carbonyl (C=O) groups excluding carboxylic acids is 1. The third-order valence-corrected chi connectivity index (χ3v) is 14.1. The number of aliphatic hydroxyl groups excluding tert-OH is 5. The van der Waals surface area contributed by atoms with Crippen molar-refractivity contribution >= 4 is 16.3 Å². The molecule has 1 amide bonds. The molecule has 8 atom stereocenters. The zero-order chi connectivity index (χ0) is 50.6. The van der Waals surface area contributed by atoms with Gasteiger partial charge in [0.2, 0.25) is 5.91 Å². The van der Waals surface area contributed by atoms with Gasteiger partial charge in [-0.3, -0.25) is 9.35 Å². The molecule has 0 spiro atoms. The number of ether oxygens (including phenoxy) is 2. The highest BCUT2D eigenvalue weighted by Crippen LogP contribution is 2.26. The summed E-state index contributed by atoms with van der Waals surface area (Å²) in [7, 11) is -5.12. The Hall–Kier alpha value is -1.46. The van der Waals surface area contributed by atoms with Crippen molar-refractivity contribution in [3.05, 3.63) is 24.3 Å². The van der Waals surface area contributed by atoms with Gasteiger partial charge in [0, 0.05) is 0 Å². The first kappa shape index (κ1) is 65.6. The lowest BCUT2D eigenvalue weighted by molar-refractivity contribution is -0.298. The third kappa shape index (κ3) is 37.0. The molecule has 1 rings (SSSR count). The first-order valence-corrected chi connectivity index (χ1v) is 29.7. The van der Waals surface area contributed by atoms with Gasteiger partial charge in [-0.05, 0) is 44.9 Å². The molecule has 0 aliphatic carbocycles. The van der Waals surface area contributed by atoms with Crippen LogP contribution in [-0.2, 0) is 28.9 Å². The van der Waals surface area contributed by atoms with Crippen LogP contribution >= 0.6 is 0 Å². The van der Waals surface area contributed by atoms with Crippen molar-refractivity contribution in [1.82, 2.24) is 5.32 Å². The minimum Gasteiger partial charge on any atom is -0.394 e. The Labute approximate surface area is 421 Å². The Bertz CT molecular complexity index is 1340. The normalized spacial score (nSPS) is 20.3. The minimum absolute atomic E-state index is 0.249. The van der Waals surface area contributed by atoms with E-state index in [2.05, 4.69) is 47.7 Å². The SMILES string of the molecule is CCCCCCCCCCC/C=C\C/C=C\CCCCCCCCC(O)C(=O)NC(COC1OC(CO)C(O)C(OS(=O)(=O)O)C1O)C(O)CCCCCCCCCCCCCCCCCCCC. The number of unbranched alkanes of at least 4 members (excludes halogenated alkanes) is 32. The van der Waals surface area contributed by atoms with Crippen LogP contribution in [0, 0.1) is 0 Å². The summed E-state index contributed by atoms with van der Waals surface area (Å²) >= 11 is 0. The average Bonchev–Trinajstić information content (AvgIpc) is 3.32. The summed E-state index contributed by atoms with van der Waals surface area (Å²) in [6, 6.07) is -1.04. The highest BCUT2D eigenvalue weighted by molar-refractivity contribution is 7.80. The van der Waals surface area contributed by atoms with Crippen LogP contribution in [0.1, 0.15) is 258 Å². The Morgan fingerprint density at radius 2 is 0.971 bits per heavy atom. The fourth-order valence-corrected chi connectivity index (χ4v) is 9.65. The van der Waals surface area contributed by atoms with Gasteiger partial charge in [-0.15, -0.1) is 0 Å². The number of carbonyl (C=O) groups is 1. The van der Waals surface area contributed by atoms with E-state index in [4.69, 9.17) is 9.47 Å². The molecule has 0 radical (unpaired) electrons. The fourth-order valence-electron chi connectivity index (χ4n) is 9.15. The number of amides is 1. The maximum atomic E-state index is 13.2. The maximum absolute atomic E-state index is 13.2. The molecule has 0 aromatic carbocycles. The largest absolute Gasteiger partial charge is 0.397 e. The molecule has 1 saturated heterocycles. The molecule has 8 unspecified atom stereocenters. The van der Waals surface area contributed by atoms with Crippen LogP contribution in [0.2, 0.25) is 0 Å². The lowest BCUT2D eigenvalue weighted by atomic mass is 9.99. The van der Waals surface area contributed by atoms with Crippen molar-refractivity contribution in [3.63, 3.8) is 0 Å². The second kappa shape index (κ2) is 45.2. The molecule has 7 N–H and O–H groups in total. The molecular weight excluding hydrogens is 899 g/mol. The van der Waals surface area contributed by atoms with Gasteiger partial charge in [0.25, 0.3) is 0 Å². The van der Waals surface area contributed by atoms with Crippen LogP contribution < -0.4 is 5.32 Å². The van der Waals surface area contributed by atoms with Gasteiger partial charge in [-0.2, -0.15) is 8.42 Å². The van der Waals surface area contributed by atoms with Gasteiger partial charge in [-0.25, -0.2) is 4.18 Å². The molecule has 1 aliphatic rings. The van der Waals surface area contributed by atoms with Gasteiger partial charge in [-0.1, -0.05) is 237 Å². The second-order valence-corrected chi connectivity index (χ2v) is 21.1. The van der Waals surface area contributed by atoms with Gasteiger partial charge < -0.3 is 40.3 Å². The highest BCUT2D eigenvalue weighted by Gasteiger charge is 2.48. The summed E-state index contributed by atoms with van der Waals surface area (Å²) in [5.41, 5.74) is 0. The van der Waals surface area contributed by atoms with Crippen molar-refractivity contribution < 1.29 is 57.0 Å². The quantitative estimate of drug-likeness (QED) is 0.0172. The lowest BCUT2D eigenvalue weighted by Crippen LogP contribution is -2.61. The molecule has 1 fully saturated rings. The highest BCUT2D eigenvalue weighted by atomic mass is 32.3. The van der Waals surface area contributed by atoms with Crippen molar-refractivity contribution in [2.75, 3.05) is 13.2 Å². The molecule has 408 valence electrons. The molecule has 1 aliphatic heterocycles. The first-order valence-electron chi connectivity index (χ1n) is 28.3. The predicted octanol–water partition coefficient (Wildman–Crippen LogP) is 11.8. The minimum atomic E-state index is -5.12. The molecule has 13 nitrogen and oxygen atoms in total. The van der Waals surface area contributed by atoms with E-state index in [1.54, 1.807) is 0 Å². The van der Waals surface area contributed by atoms with E-state index < -0.39 is 78.5 Å². The number of hydrogen-bond donors (Lipinski definition) is 7. The Morgan fingerprint density at radius 1 is 0.580 bits per heavy atom. The first-order chi connectivity index (χ1) is 33.4. The molecule has 1 heterocycles. The van der Waals surface area contributed by atoms with Crippen LogP contribution in [0.3, 0.4) is 0 Å². The van der Waals surface area contributed by atoms with Crippen LogP contribution in [0.25, 0.3) is 0 Å². The van der Waals surface area contributed by atoms with E-state index in [9.17, 15) is 43.3 Å². The maximum Gasteiger partial charge on any atom is 0.397 e. The number of aliphatic hydroxyl groups is 5. The van der Waals surface area contributed by atoms with Crippen molar-refractivity contribution in [1.29, 1.82) is 0 Å². The summed E-state index contributed by atoms with van der Waals surface area (Å²) in [6.07, 6.45) is 42.1. The Morgan fingerprint density at radius 3 is 1.38 bits per heavy atom. The topological polar surface area (TPSA) is 212 Å². The predicted molar refractivity (Wildman–Crippen MR) is 279 cm³/mol. The smallest absolute Gasteiger partial charge is 0.394 e. The fraction of sp³-hybridized carbons (Fsp3) is 0.909. The Balaban J connectivity index is 2.44. The van der Waals surface area contributed by atoms with Gasteiger partial charge in [0.1, 0.15) is 30.5 Å². The lowest BCUT2D eigenvalue weighted by Gasteiger charge is -2.41. The average molecular weight is 1000 g/mol. The van der Waals surface area contributed by atoms with E-state index in [-0.39, 0.29) is 6.42 Å².